The molecule has 0 aromatic heterocycles. The summed E-state index contributed by atoms with van der Waals surface area (Å²) >= 11 is 5.91. The first-order valence-electron chi connectivity index (χ1n) is 6.75. The summed E-state index contributed by atoms with van der Waals surface area (Å²) in [4.78, 5) is 17.9. The van der Waals surface area contributed by atoms with Crippen molar-refractivity contribution in [1.29, 1.82) is 0 Å². The summed E-state index contributed by atoms with van der Waals surface area (Å²) in [6.07, 6.45) is 1.03. The Hall–Kier alpha value is -1.12. The van der Waals surface area contributed by atoms with Crippen LogP contribution in [0.2, 0.25) is 5.02 Å². The van der Waals surface area contributed by atoms with Crippen molar-refractivity contribution in [2.75, 3.05) is 6.16 Å². The molecule has 0 amide bonds. The van der Waals surface area contributed by atoms with Gasteiger partial charge in [0.1, 0.15) is 0 Å². The molecule has 0 spiro atoms. The minimum Gasteiger partial charge on any atom is -0.324 e. The maximum atomic E-state index is 11.0. The Balaban J connectivity index is 2.25. The molecule has 0 saturated carbocycles. The first kappa shape index (κ1) is 16.3. The van der Waals surface area contributed by atoms with E-state index in [4.69, 9.17) is 21.4 Å². The van der Waals surface area contributed by atoms with Gasteiger partial charge in [0.05, 0.1) is 6.16 Å². The van der Waals surface area contributed by atoms with Crippen molar-refractivity contribution in [3.63, 3.8) is 0 Å². The summed E-state index contributed by atoms with van der Waals surface area (Å²) in [5.41, 5.74) is 4.39. The molecule has 2 rings (SSSR count). The molecule has 0 atom stereocenters. The van der Waals surface area contributed by atoms with E-state index in [-0.39, 0.29) is 6.16 Å². The van der Waals surface area contributed by atoms with Gasteiger partial charge in [-0.3, -0.25) is 4.57 Å². The standard InChI is InChI=1S/C16H18ClO3P/c1-12-4-9-16(13-5-7-15(17)8-6-13)14(11-12)3-2-10-21(18,19)20/h4-9,11H,2-3,10H2,1H3,(H2,18,19,20). The molecule has 0 unspecified atom stereocenters. The van der Waals surface area contributed by atoms with Crippen LogP contribution in [0, 0.1) is 6.92 Å². The first-order valence-corrected chi connectivity index (χ1v) is 8.93. The van der Waals surface area contributed by atoms with Crippen LogP contribution in [0.25, 0.3) is 11.1 Å². The molecule has 0 bridgehead atoms. The fourth-order valence-corrected chi connectivity index (χ4v) is 3.01. The molecule has 0 aliphatic heterocycles. The molecule has 2 aromatic rings. The molecule has 5 heteroatoms. The van der Waals surface area contributed by atoms with Crippen LogP contribution >= 0.6 is 19.2 Å². The van der Waals surface area contributed by atoms with Gasteiger partial charge in [-0.1, -0.05) is 47.5 Å². The SMILES string of the molecule is Cc1ccc(-c2ccc(Cl)cc2)c(CCCP(=O)(O)O)c1. The molecular weight excluding hydrogens is 307 g/mol. The van der Waals surface area contributed by atoms with E-state index < -0.39 is 7.60 Å². The molecule has 2 N–H and O–H groups in total. The van der Waals surface area contributed by atoms with Gasteiger partial charge in [0.2, 0.25) is 0 Å². The zero-order valence-corrected chi connectivity index (χ0v) is 13.4. The highest BCUT2D eigenvalue weighted by Gasteiger charge is 2.13. The first-order chi connectivity index (χ1) is 9.85. The fourth-order valence-electron chi connectivity index (χ4n) is 2.32. The zero-order chi connectivity index (χ0) is 15.5. The van der Waals surface area contributed by atoms with Crippen LogP contribution in [0.4, 0.5) is 0 Å². The van der Waals surface area contributed by atoms with Gasteiger partial charge in [0.25, 0.3) is 0 Å². The van der Waals surface area contributed by atoms with Gasteiger partial charge in [-0.2, -0.15) is 0 Å². The van der Waals surface area contributed by atoms with Crippen LogP contribution in [-0.4, -0.2) is 15.9 Å². The van der Waals surface area contributed by atoms with Crippen LogP contribution in [-0.2, 0) is 11.0 Å². The Bertz CT molecular complexity index is 662. The van der Waals surface area contributed by atoms with E-state index in [2.05, 4.69) is 6.07 Å². The average molecular weight is 325 g/mol. The molecule has 0 fully saturated rings. The number of hydrogen-bond acceptors (Lipinski definition) is 1. The molecule has 0 aliphatic rings. The zero-order valence-electron chi connectivity index (χ0n) is 11.8. The lowest BCUT2D eigenvalue weighted by atomic mass is 9.95. The Labute approximate surface area is 129 Å². The molecule has 0 aliphatic carbocycles. The van der Waals surface area contributed by atoms with Crippen LogP contribution in [0.15, 0.2) is 42.5 Å². The normalized spacial score (nSPS) is 11.6. The smallest absolute Gasteiger partial charge is 0.324 e. The number of aryl methyl sites for hydroxylation is 2. The lowest BCUT2D eigenvalue weighted by Gasteiger charge is -2.12. The topological polar surface area (TPSA) is 57.5 Å². The van der Waals surface area contributed by atoms with Gasteiger partial charge < -0.3 is 9.79 Å². The number of rotatable bonds is 5. The van der Waals surface area contributed by atoms with Crippen molar-refractivity contribution < 1.29 is 14.4 Å². The van der Waals surface area contributed by atoms with Gasteiger partial charge in [-0.25, -0.2) is 0 Å². The summed E-state index contributed by atoms with van der Waals surface area (Å²) in [5.74, 6) is 0. The molecule has 2 aromatic carbocycles. The van der Waals surface area contributed by atoms with Crippen LogP contribution in [0.5, 0.6) is 0 Å². The summed E-state index contributed by atoms with van der Waals surface area (Å²) in [7, 11) is -3.93. The van der Waals surface area contributed by atoms with Crippen molar-refractivity contribution in [2.24, 2.45) is 0 Å². The van der Waals surface area contributed by atoms with E-state index >= 15 is 0 Å². The van der Waals surface area contributed by atoms with Crippen molar-refractivity contribution in [3.8, 4) is 11.1 Å². The summed E-state index contributed by atoms with van der Waals surface area (Å²) in [6.45, 7) is 2.01. The minimum absolute atomic E-state index is 0.0823. The van der Waals surface area contributed by atoms with Crippen molar-refractivity contribution in [3.05, 3.63) is 58.6 Å². The van der Waals surface area contributed by atoms with Crippen molar-refractivity contribution in [2.45, 2.75) is 19.8 Å². The highest BCUT2D eigenvalue weighted by atomic mass is 35.5. The fraction of sp³-hybridized carbons (Fsp3) is 0.250. The molecule has 3 nitrogen and oxygen atoms in total. The van der Waals surface area contributed by atoms with Gasteiger partial charge >= 0.3 is 7.60 Å². The predicted molar refractivity (Wildman–Crippen MR) is 86.9 cm³/mol. The Morgan fingerprint density at radius 2 is 1.76 bits per heavy atom. The third-order valence-corrected chi connectivity index (χ3v) is 4.46. The molecule has 0 radical (unpaired) electrons. The second-order valence-corrected chi connectivity index (χ2v) is 7.37. The number of hydrogen-bond donors (Lipinski definition) is 2. The molecule has 0 heterocycles. The van der Waals surface area contributed by atoms with E-state index in [0.29, 0.717) is 17.9 Å². The number of halogens is 1. The summed E-state index contributed by atoms with van der Waals surface area (Å²) in [6, 6.07) is 13.8. The Kier molecular flexibility index (Phi) is 5.23. The van der Waals surface area contributed by atoms with E-state index in [1.807, 2.05) is 43.3 Å². The lowest BCUT2D eigenvalue weighted by molar-refractivity contribution is 0.371. The van der Waals surface area contributed by atoms with Crippen LogP contribution in [0.1, 0.15) is 17.5 Å². The second kappa shape index (κ2) is 6.76. The van der Waals surface area contributed by atoms with Crippen molar-refractivity contribution in [1.82, 2.24) is 0 Å². The van der Waals surface area contributed by atoms with Crippen molar-refractivity contribution >= 4 is 19.2 Å². The van der Waals surface area contributed by atoms with Gasteiger partial charge in [-0.15, -0.1) is 0 Å². The monoisotopic (exact) mass is 324 g/mol. The average Bonchev–Trinajstić information content (AvgIpc) is 2.39. The number of benzene rings is 2. The lowest BCUT2D eigenvalue weighted by Crippen LogP contribution is -1.95. The highest BCUT2D eigenvalue weighted by Crippen LogP contribution is 2.36. The second-order valence-electron chi connectivity index (χ2n) is 5.16. The third-order valence-electron chi connectivity index (χ3n) is 3.31. The minimum atomic E-state index is -3.93. The van der Waals surface area contributed by atoms with Gasteiger partial charge in [0, 0.05) is 5.02 Å². The maximum Gasteiger partial charge on any atom is 0.325 e. The summed E-state index contributed by atoms with van der Waals surface area (Å²) in [5, 5.41) is 0.689. The highest BCUT2D eigenvalue weighted by molar-refractivity contribution is 7.51. The molecule has 21 heavy (non-hydrogen) atoms. The van der Waals surface area contributed by atoms with Crippen LogP contribution < -0.4 is 0 Å². The van der Waals surface area contributed by atoms with E-state index in [1.54, 1.807) is 0 Å². The molecule has 112 valence electrons. The molecule has 0 saturated heterocycles. The van der Waals surface area contributed by atoms with E-state index in [0.717, 1.165) is 22.3 Å². The third kappa shape index (κ3) is 4.98. The largest absolute Gasteiger partial charge is 0.325 e. The van der Waals surface area contributed by atoms with E-state index in [9.17, 15) is 4.57 Å². The molecular formula is C16H18ClO3P. The summed E-state index contributed by atoms with van der Waals surface area (Å²) < 4.78 is 11.0. The predicted octanol–water partition coefficient (Wildman–Crippen LogP) is 4.43. The maximum absolute atomic E-state index is 11.0. The van der Waals surface area contributed by atoms with Crippen LogP contribution in [0.3, 0.4) is 0 Å². The van der Waals surface area contributed by atoms with E-state index in [1.165, 1.54) is 0 Å². The quantitative estimate of drug-likeness (QED) is 0.800. The Morgan fingerprint density at radius 3 is 2.38 bits per heavy atom. The van der Waals surface area contributed by atoms with Gasteiger partial charge in [-0.05, 0) is 48.6 Å². The Morgan fingerprint density at radius 1 is 1.10 bits per heavy atom. The van der Waals surface area contributed by atoms with Gasteiger partial charge in [0.15, 0.2) is 0 Å².